The van der Waals surface area contributed by atoms with Gasteiger partial charge < -0.3 is 10.6 Å². The largest absolute Gasteiger partial charge is 0.347 e. The molecule has 3 rings (SSSR count). The number of aryl methyl sites for hydroxylation is 1. The van der Waals surface area contributed by atoms with Gasteiger partial charge in [0.25, 0.3) is 11.8 Å². The fraction of sp³-hybridized carbons (Fsp3) is 0.316. The van der Waals surface area contributed by atoms with Gasteiger partial charge in [0.2, 0.25) is 0 Å². The topological polar surface area (TPSA) is 105 Å². The van der Waals surface area contributed by atoms with Gasteiger partial charge in [-0.2, -0.15) is 0 Å². The van der Waals surface area contributed by atoms with Gasteiger partial charge in [-0.1, -0.05) is 25.1 Å². The van der Waals surface area contributed by atoms with Gasteiger partial charge in [-0.05, 0) is 36.6 Å². The zero-order chi connectivity index (χ0) is 19.4. The minimum absolute atomic E-state index is 0.0628. The highest BCUT2D eigenvalue weighted by molar-refractivity contribution is 7.91. The Bertz CT molecular complexity index is 972. The zero-order valence-corrected chi connectivity index (χ0v) is 15.8. The zero-order valence-electron chi connectivity index (χ0n) is 14.9. The molecule has 2 aromatic rings. The van der Waals surface area contributed by atoms with Crippen molar-refractivity contribution in [3.8, 4) is 0 Å². The Morgan fingerprint density at radius 3 is 2.67 bits per heavy atom. The molecule has 27 heavy (non-hydrogen) atoms. The number of nitrogens with one attached hydrogen (secondary N) is 2. The van der Waals surface area contributed by atoms with Crippen molar-refractivity contribution in [1.82, 2.24) is 10.3 Å². The third-order valence-corrected chi connectivity index (χ3v) is 6.24. The highest BCUT2D eigenvalue weighted by Gasteiger charge is 2.29. The van der Waals surface area contributed by atoms with Crippen molar-refractivity contribution >= 4 is 27.3 Å². The third kappa shape index (κ3) is 4.71. The van der Waals surface area contributed by atoms with Gasteiger partial charge in [-0.15, -0.1) is 0 Å². The van der Waals surface area contributed by atoms with E-state index in [1.807, 2.05) is 31.2 Å². The monoisotopic (exact) mass is 387 g/mol. The van der Waals surface area contributed by atoms with E-state index in [0.717, 1.165) is 17.7 Å². The third-order valence-electron chi connectivity index (χ3n) is 4.47. The molecule has 2 amide bonds. The molecular formula is C19H21N3O4S. The van der Waals surface area contributed by atoms with E-state index in [0.29, 0.717) is 12.0 Å². The molecule has 0 bridgehead atoms. The number of aromatic nitrogens is 1. The molecule has 8 heteroatoms. The summed E-state index contributed by atoms with van der Waals surface area (Å²) in [5.41, 5.74) is 2.13. The molecule has 1 aromatic heterocycles. The lowest BCUT2D eigenvalue weighted by Crippen LogP contribution is -2.36. The maximum atomic E-state index is 12.5. The highest BCUT2D eigenvalue weighted by Crippen LogP contribution is 2.17. The summed E-state index contributed by atoms with van der Waals surface area (Å²) in [5, 5.41) is 5.52. The second kappa shape index (κ2) is 7.87. The van der Waals surface area contributed by atoms with Crippen LogP contribution in [0.3, 0.4) is 0 Å². The van der Waals surface area contributed by atoms with E-state index in [-0.39, 0.29) is 23.1 Å². The summed E-state index contributed by atoms with van der Waals surface area (Å²) in [4.78, 5) is 28.9. The summed E-state index contributed by atoms with van der Waals surface area (Å²) in [5.74, 6) is -0.811. The second-order valence-electron chi connectivity index (χ2n) is 6.47. The standard InChI is InChI=1S/C19H21N3O4S/c1-2-13-5-3-4-6-16(13)22-18(23)14-7-9-20-17(11-14)19(24)21-15-8-10-27(25,26)12-15/h3-7,9,11,15H,2,8,10,12H2,1H3,(H,21,24)(H,22,23). The van der Waals surface area contributed by atoms with Crippen molar-refractivity contribution in [3.63, 3.8) is 0 Å². The number of hydrogen-bond acceptors (Lipinski definition) is 5. The number of amides is 2. The normalized spacial score (nSPS) is 18.0. The van der Waals surface area contributed by atoms with Crippen LogP contribution in [0, 0.1) is 0 Å². The van der Waals surface area contributed by atoms with E-state index in [4.69, 9.17) is 0 Å². The van der Waals surface area contributed by atoms with Crippen LogP contribution in [0.1, 0.15) is 39.8 Å². The molecule has 0 saturated carbocycles. The van der Waals surface area contributed by atoms with E-state index >= 15 is 0 Å². The molecule has 7 nitrogen and oxygen atoms in total. The van der Waals surface area contributed by atoms with Crippen LogP contribution in [0.4, 0.5) is 5.69 Å². The van der Waals surface area contributed by atoms with Gasteiger partial charge in [0.15, 0.2) is 9.84 Å². The number of sulfone groups is 1. The van der Waals surface area contributed by atoms with Crippen molar-refractivity contribution in [2.24, 2.45) is 0 Å². The van der Waals surface area contributed by atoms with Gasteiger partial charge in [-0.25, -0.2) is 8.42 Å². The van der Waals surface area contributed by atoms with Crippen LogP contribution in [0.5, 0.6) is 0 Å². The lowest BCUT2D eigenvalue weighted by Gasteiger charge is -2.12. The molecule has 1 saturated heterocycles. The smallest absolute Gasteiger partial charge is 0.270 e. The fourth-order valence-corrected chi connectivity index (χ4v) is 4.68. The quantitative estimate of drug-likeness (QED) is 0.814. The van der Waals surface area contributed by atoms with Gasteiger partial charge in [-0.3, -0.25) is 14.6 Å². The molecule has 142 valence electrons. The van der Waals surface area contributed by atoms with Crippen molar-refractivity contribution in [1.29, 1.82) is 0 Å². The molecule has 0 radical (unpaired) electrons. The number of pyridine rings is 1. The van der Waals surface area contributed by atoms with Crippen LogP contribution in [0.25, 0.3) is 0 Å². The highest BCUT2D eigenvalue weighted by atomic mass is 32.2. The van der Waals surface area contributed by atoms with E-state index < -0.39 is 21.8 Å². The number of hydrogen-bond donors (Lipinski definition) is 2. The molecule has 1 unspecified atom stereocenters. The molecule has 1 aliphatic rings. The van der Waals surface area contributed by atoms with Gasteiger partial charge in [0.05, 0.1) is 11.5 Å². The van der Waals surface area contributed by atoms with Crippen molar-refractivity contribution in [3.05, 3.63) is 59.4 Å². The minimum Gasteiger partial charge on any atom is -0.347 e. The summed E-state index contributed by atoms with van der Waals surface area (Å²) in [6, 6.07) is 10.0. The van der Waals surface area contributed by atoms with Gasteiger partial charge >= 0.3 is 0 Å². The van der Waals surface area contributed by atoms with Crippen molar-refractivity contribution in [2.45, 2.75) is 25.8 Å². The molecule has 1 aromatic carbocycles. The molecule has 1 fully saturated rings. The summed E-state index contributed by atoms with van der Waals surface area (Å²) >= 11 is 0. The van der Waals surface area contributed by atoms with Crippen LogP contribution >= 0.6 is 0 Å². The first-order chi connectivity index (χ1) is 12.9. The number of para-hydroxylation sites is 1. The minimum atomic E-state index is -3.09. The van der Waals surface area contributed by atoms with Crippen LogP contribution in [0.2, 0.25) is 0 Å². The maximum Gasteiger partial charge on any atom is 0.270 e. The Kier molecular flexibility index (Phi) is 5.55. The molecule has 2 N–H and O–H groups in total. The Balaban J connectivity index is 1.71. The molecule has 0 spiro atoms. The first kappa shape index (κ1) is 19.0. The predicted octanol–water partition coefficient (Wildman–Crippen LogP) is 1.81. The average molecular weight is 387 g/mol. The Morgan fingerprint density at radius 1 is 1.19 bits per heavy atom. The second-order valence-corrected chi connectivity index (χ2v) is 8.70. The van der Waals surface area contributed by atoms with Gasteiger partial charge in [0, 0.05) is 23.5 Å². The van der Waals surface area contributed by atoms with E-state index in [9.17, 15) is 18.0 Å². The Morgan fingerprint density at radius 2 is 1.96 bits per heavy atom. The van der Waals surface area contributed by atoms with Crippen molar-refractivity contribution in [2.75, 3.05) is 16.8 Å². The molecule has 2 heterocycles. The fourth-order valence-electron chi connectivity index (χ4n) is 3.01. The van der Waals surface area contributed by atoms with Crippen LogP contribution in [-0.4, -0.2) is 42.8 Å². The first-order valence-corrected chi connectivity index (χ1v) is 10.6. The predicted molar refractivity (Wildman–Crippen MR) is 103 cm³/mol. The van der Waals surface area contributed by atoms with E-state index in [1.165, 1.54) is 18.3 Å². The summed E-state index contributed by atoms with van der Waals surface area (Å²) in [6.07, 6.45) is 2.56. The maximum absolute atomic E-state index is 12.5. The van der Waals surface area contributed by atoms with Crippen LogP contribution < -0.4 is 10.6 Å². The SMILES string of the molecule is CCc1ccccc1NC(=O)c1ccnc(C(=O)NC2CCS(=O)(=O)C2)c1. The lowest BCUT2D eigenvalue weighted by atomic mass is 10.1. The first-order valence-electron chi connectivity index (χ1n) is 8.74. The molecular weight excluding hydrogens is 366 g/mol. The number of carbonyl (C=O) groups excluding carboxylic acids is 2. The van der Waals surface area contributed by atoms with E-state index in [1.54, 1.807) is 0 Å². The number of anilines is 1. The number of carbonyl (C=O) groups is 2. The molecule has 0 aliphatic carbocycles. The summed E-state index contributed by atoms with van der Waals surface area (Å²) in [7, 11) is -3.09. The van der Waals surface area contributed by atoms with E-state index in [2.05, 4.69) is 15.6 Å². The Labute approximate surface area is 158 Å². The Hall–Kier alpha value is -2.74. The molecule has 1 aliphatic heterocycles. The van der Waals surface area contributed by atoms with Crippen molar-refractivity contribution < 1.29 is 18.0 Å². The summed E-state index contributed by atoms with van der Waals surface area (Å²) < 4.78 is 23.0. The van der Waals surface area contributed by atoms with Gasteiger partial charge in [0.1, 0.15) is 5.69 Å². The van der Waals surface area contributed by atoms with Crippen LogP contribution in [-0.2, 0) is 16.3 Å². The number of nitrogens with zero attached hydrogens (tertiary/aromatic N) is 1. The van der Waals surface area contributed by atoms with Crippen LogP contribution in [0.15, 0.2) is 42.6 Å². The average Bonchev–Trinajstić information content (AvgIpc) is 3.00. The molecule has 1 atom stereocenters. The lowest BCUT2D eigenvalue weighted by molar-refractivity contribution is 0.0936. The number of rotatable bonds is 5. The summed E-state index contributed by atoms with van der Waals surface area (Å²) in [6.45, 7) is 2.00. The number of benzene rings is 1.